The van der Waals surface area contributed by atoms with Crippen molar-refractivity contribution >= 4 is 16.5 Å². The minimum absolute atomic E-state index is 0.774. The van der Waals surface area contributed by atoms with Crippen LogP contribution in [0.25, 0.3) is 0 Å². The van der Waals surface area contributed by atoms with E-state index in [1.807, 2.05) is 79.9 Å². The number of rotatable bonds is 7. The summed E-state index contributed by atoms with van der Waals surface area (Å²) in [6, 6.07) is 30.2. The summed E-state index contributed by atoms with van der Waals surface area (Å²) in [6.07, 6.45) is 5.92. The predicted octanol–water partition coefficient (Wildman–Crippen LogP) is 5.92. The molecule has 0 radical (unpaired) electrons. The van der Waals surface area contributed by atoms with Crippen molar-refractivity contribution in [2.24, 2.45) is 0 Å². The van der Waals surface area contributed by atoms with E-state index in [2.05, 4.69) is 41.3 Å². The zero-order valence-electron chi connectivity index (χ0n) is 15.4. The molecular weight excluding hydrogens is 350 g/mol. The highest BCUT2D eigenvalue weighted by Crippen LogP contribution is 2.18. The van der Waals surface area contributed by atoms with Crippen LogP contribution in [0.15, 0.2) is 119 Å². The molecule has 3 aromatic carbocycles. The normalized spacial score (nSPS) is 12.9. The van der Waals surface area contributed by atoms with E-state index < -0.39 is 10.8 Å². The van der Waals surface area contributed by atoms with Crippen molar-refractivity contribution in [2.75, 3.05) is 4.90 Å². The van der Waals surface area contributed by atoms with E-state index >= 15 is 0 Å². The third-order valence-electron chi connectivity index (χ3n) is 4.13. The summed E-state index contributed by atoms with van der Waals surface area (Å²) in [7, 11) is -1.13. The Labute approximate surface area is 163 Å². The second kappa shape index (κ2) is 9.70. The second-order valence-electron chi connectivity index (χ2n) is 6.15. The fourth-order valence-electron chi connectivity index (χ4n) is 2.70. The van der Waals surface area contributed by atoms with Crippen LogP contribution in [0.1, 0.15) is 12.5 Å². The molecule has 0 aliphatic carbocycles. The lowest BCUT2D eigenvalue weighted by Crippen LogP contribution is -2.15. The zero-order valence-corrected chi connectivity index (χ0v) is 16.2. The van der Waals surface area contributed by atoms with Crippen LogP contribution >= 0.6 is 0 Å². The number of nitrogens with zero attached hydrogens (tertiary/aromatic N) is 1. The van der Waals surface area contributed by atoms with Crippen molar-refractivity contribution in [3.05, 3.63) is 120 Å². The Bertz CT molecular complexity index is 918. The van der Waals surface area contributed by atoms with E-state index in [-0.39, 0.29) is 0 Å². The predicted molar refractivity (Wildman–Crippen MR) is 115 cm³/mol. The molecule has 0 saturated carbocycles. The van der Waals surface area contributed by atoms with Crippen molar-refractivity contribution in [1.82, 2.24) is 0 Å². The largest absolute Gasteiger partial charge is 0.344 e. The van der Waals surface area contributed by atoms with E-state index in [0.29, 0.717) is 0 Å². The fourth-order valence-corrected chi connectivity index (χ4v) is 3.68. The first-order chi connectivity index (χ1) is 13.2. The van der Waals surface area contributed by atoms with Gasteiger partial charge < -0.3 is 4.90 Å². The molecule has 0 spiro atoms. The van der Waals surface area contributed by atoms with Gasteiger partial charge in [0.1, 0.15) is 0 Å². The second-order valence-corrected chi connectivity index (χ2v) is 7.80. The van der Waals surface area contributed by atoms with E-state index in [0.717, 1.165) is 22.0 Å². The number of anilines is 1. The molecule has 0 aliphatic rings. The molecule has 136 valence electrons. The maximum absolute atomic E-state index is 12.6. The number of hydrogen-bond acceptors (Lipinski definition) is 2. The summed E-state index contributed by atoms with van der Waals surface area (Å²) in [5.74, 6) is 0. The molecule has 1 unspecified atom stereocenters. The monoisotopic (exact) mass is 373 g/mol. The molecule has 3 rings (SSSR count). The van der Waals surface area contributed by atoms with Crippen LogP contribution in [-0.4, -0.2) is 4.21 Å². The number of para-hydroxylation sites is 1. The summed E-state index contributed by atoms with van der Waals surface area (Å²) in [4.78, 5) is 3.83. The Balaban J connectivity index is 1.78. The van der Waals surface area contributed by atoms with Gasteiger partial charge in [-0.1, -0.05) is 66.7 Å². The average molecular weight is 374 g/mol. The molecular formula is C24H23NOS. The molecule has 3 aromatic rings. The van der Waals surface area contributed by atoms with Gasteiger partial charge in [-0.05, 0) is 48.9 Å². The summed E-state index contributed by atoms with van der Waals surface area (Å²) < 4.78 is 12.6. The van der Waals surface area contributed by atoms with Crippen LogP contribution in [0.3, 0.4) is 0 Å². The molecule has 0 aromatic heterocycles. The fraction of sp³-hybridized carbons (Fsp3) is 0.0833. The van der Waals surface area contributed by atoms with Crippen molar-refractivity contribution in [1.29, 1.82) is 0 Å². The Hall–Kier alpha value is -2.91. The molecule has 0 saturated heterocycles. The molecule has 0 N–H and O–H groups in total. The van der Waals surface area contributed by atoms with Crippen LogP contribution < -0.4 is 4.90 Å². The Morgan fingerprint density at radius 2 is 1.41 bits per heavy atom. The maximum atomic E-state index is 12.6. The molecule has 0 fully saturated rings. The Morgan fingerprint density at radius 3 is 2.04 bits per heavy atom. The third-order valence-corrected chi connectivity index (χ3v) is 5.55. The maximum Gasteiger partial charge on any atom is 0.0805 e. The Kier molecular flexibility index (Phi) is 6.78. The van der Waals surface area contributed by atoms with E-state index in [1.54, 1.807) is 0 Å². The van der Waals surface area contributed by atoms with Gasteiger partial charge in [-0.25, -0.2) is 4.21 Å². The van der Waals surface area contributed by atoms with Gasteiger partial charge in [-0.3, -0.25) is 0 Å². The number of benzene rings is 3. The first-order valence-electron chi connectivity index (χ1n) is 8.91. The first-order valence-corrected chi connectivity index (χ1v) is 10.1. The average Bonchev–Trinajstić information content (AvgIpc) is 2.74. The lowest BCUT2D eigenvalue weighted by Gasteiger charge is -2.20. The smallest absolute Gasteiger partial charge is 0.0805 e. The first kappa shape index (κ1) is 18.9. The van der Waals surface area contributed by atoms with Gasteiger partial charge in [-0.15, -0.1) is 0 Å². The highest BCUT2D eigenvalue weighted by molar-refractivity contribution is 7.89. The highest BCUT2D eigenvalue weighted by atomic mass is 32.2. The molecule has 0 heterocycles. The standard InChI is InChI=1S/C24H23NOS/c1-21(27(26)24-17-9-4-10-18-24)12-11-19-25(23-15-7-3-8-16-23)20-22-13-5-2-6-14-22/h2-19H,20H2,1H3/b19-11+,21-12+. The van der Waals surface area contributed by atoms with Gasteiger partial charge in [-0.2, -0.15) is 0 Å². The van der Waals surface area contributed by atoms with Crippen LogP contribution in [0.4, 0.5) is 5.69 Å². The van der Waals surface area contributed by atoms with Crippen molar-refractivity contribution in [3.63, 3.8) is 0 Å². The molecule has 0 aliphatic heterocycles. The van der Waals surface area contributed by atoms with Crippen molar-refractivity contribution < 1.29 is 4.21 Å². The third kappa shape index (κ3) is 5.53. The Morgan fingerprint density at radius 1 is 0.852 bits per heavy atom. The zero-order chi connectivity index (χ0) is 18.9. The minimum atomic E-state index is -1.13. The van der Waals surface area contributed by atoms with Crippen LogP contribution in [-0.2, 0) is 17.3 Å². The van der Waals surface area contributed by atoms with Crippen LogP contribution in [0, 0.1) is 0 Å². The number of allylic oxidation sites excluding steroid dienone is 3. The highest BCUT2D eigenvalue weighted by Gasteiger charge is 2.05. The van der Waals surface area contributed by atoms with E-state index in [4.69, 9.17) is 0 Å². The minimum Gasteiger partial charge on any atom is -0.344 e. The molecule has 1 atom stereocenters. The quantitative estimate of drug-likeness (QED) is 0.479. The molecule has 0 amide bonds. The van der Waals surface area contributed by atoms with Gasteiger partial charge in [0.25, 0.3) is 0 Å². The van der Waals surface area contributed by atoms with Crippen LogP contribution in [0.5, 0.6) is 0 Å². The summed E-state index contributed by atoms with van der Waals surface area (Å²) >= 11 is 0. The molecule has 3 heteroatoms. The van der Waals surface area contributed by atoms with Gasteiger partial charge in [0.2, 0.25) is 0 Å². The van der Waals surface area contributed by atoms with Gasteiger partial charge in [0.05, 0.1) is 10.8 Å². The topological polar surface area (TPSA) is 20.3 Å². The SMILES string of the molecule is C/C(=C\C=C\N(Cc1ccccc1)c1ccccc1)S(=O)c1ccccc1. The molecule has 0 bridgehead atoms. The lowest BCUT2D eigenvalue weighted by atomic mass is 10.2. The lowest BCUT2D eigenvalue weighted by molar-refractivity contribution is 0.686. The van der Waals surface area contributed by atoms with Crippen molar-refractivity contribution in [3.8, 4) is 0 Å². The molecule has 27 heavy (non-hydrogen) atoms. The summed E-state index contributed by atoms with van der Waals surface area (Å²) in [5.41, 5.74) is 2.35. The number of hydrogen-bond donors (Lipinski definition) is 0. The summed E-state index contributed by atoms with van der Waals surface area (Å²) in [5, 5.41) is 0. The van der Waals surface area contributed by atoms with Crippen LogP contribution in [0.2, 0.25) is 0 Å². The molecule has 2 nitrogen and oxygen atoms in total. The van der Waals surface area contributed by atoms with E-state index in [1.165, 1.54) is 5.56 Å². The van der Waals surface area contributed by atoms with Gasteiger partial charge in [0.15, 0.2) is 0 Å². The van der Waals surface area contributed by atoms with Gasteiger partial charge in [0, 0.05) is 28.2 Å². The van der Waals surface area contributed by atoms with Gasteiger partial charge >= 0.3 is 0 Å². The van der Waals surface area contributed by atoms with Crippen molar-refractivity contribution in [2.45, 2.75) is 18.4 Å². The van der Waals surface area contributed by atoms with E-state index in [9.17, 15) is 4.21 Å². The summed E-state index contributed by atoms with van der Waals surface area (Å²) in [6.45, 7) is 2.67.